The molecule has 4 nitrogen and oxygen atoms in total. The number of hydrogen-bond donors (Lipinski definition) is 1. The van der Waals surface area contributed by atoms with Crippen molar-refractivity contribution in [2.75, 3.05) is 6.54 Å². The first-order valence-electron chi connectivity index (χ1n) is 8.39. The Morgan fingerprint density at radius 3 is 2.43 bits per heavy atom. The number of hydrogen-bond acceptors (Lipinski definition) is 4. The highest BCUT2D eigenvalue weighted by atomic mass is 16.4. The minimum Gasteiger partial charge on any atom is -0.425 e. The summed E-state index contributed by atoms with van der Waals surface area (Å²) >= 11 is 0. The molecule has 21 heavy (non-hydrogen) atoms. The maximum absolute atomic E-state index is 6.02. The number of rotatable bonds is 6. The summed E-state index contributed by atoms with van der Waals surface area (Å²) in [5.74, 6) is 2.33. The molecule has 1 fully saturated rings. The van der Waals surface area contributed by atoms with E-state index in [2.05, 4.69) is 50.1 Å². The van der Waals surface area contributed by atoms with Crippen LogP contribution in [-0.4, -0.2) is 22.3 Å². The summed E-state index contributed by atoms with van der Waals surface area (Å²) in [4.78, 5) is 0. The van der Waals surface area contributed by atoms with Crippen molar-refractivity contribution < 1.29 is 4.42 Å². The third kappa shape index (κ3) is 4.53. The SMILES string of the molecule is CC(C)CC1(c2nnc(CCNC(C)(C)C)o2)CCCC1. The van der Waals surface area contributed by atoms with Gasteiger partial charge in [-0.3, -0.25) is 0 Å². The van der Waals surface area contributed by atoms with Crippen molar-refractivity contribution in [3.05, 3.63) is 11.8 Å². The molecule has 1 aromatic rings. The summed E-state index contributed by atoms with van der Waals surface area (Å²) < 4.78 is 6.02. The molecule has 1 aromatic heterocycles. The van der Waals surface area contributed by atoms with E-state index in [1.165, 1.54) is 25.7 Å². The molecule has 0 aliphatic heterocycles. The third-order valence-electron chi connectivity index (χ3n) is 4.27. The number of nitrogens with zero attached hydrogens (tertiary/aromatic N) is 2. The van der Waals surface area contributed by atoms with Gasteiger partial charge in [-0.15, -0.1) is 10.2 Å². The highest BCUT2D eigenvalue weighted by Crippen LogP contribution is 2.44. The fourth-order valence-corrected chi connectivity index (χ4v) is 3.45. The first kappa shape index (κ1) is 16.5. The average Bonchev–Trinajstić information content (AvgIpc) is 2.96. The van der Waals surface area contributed by atoms with Crippen molar-refractivity contribution in [3.63, 3.8) is 0 Å². The quantitative estimate of drug-likeness (QED) is 0.865. The zero-order valence-electron chi connectivity index (χ0n) is 14.3. The molecule has 1 N–H and O–H groups in total. The van der Waals surface area contributed by atoms with Gasteiger partial charge in [-0.25, -0.2) is 0 Å². The van der Waals surface area contributed by atoms with Crippen molar-refractivity contribution >= 4 is 0 Å². The van der Waals surface area contributed by atoms with Crippen LogP contribution in [0.1, 0.15) is 78.5 Å². The molecule has 1 heterocycles. The molecular weight excluding hydrogens is 262 g/mol. The van der Waals surface area contributed by atoms with Gasteiger partial charge >= 0.3 is 0 Å². The van der Waals surface area contributed by atoms with Crippen molar-refractivity contribution in [1.29, 1.82) is 0 Å². The molecule has 0 saturated heterocycles. The van der Waals surface area contributed by atoms with E-state index in [9.17, 15) is 0 Å². The summed E-state index contributed by atoms with van der Waals surface area (Å²) in [6, 6.07) is 0. The Hall–Kier alpha value is -0.900. The van der Waals surface area contributed by atoms with Crippen LogP contribution >= 0.6 is 0 Å². The summed E-state index contributed by atoms with van der Waals surface area (Å²) in [5, 5.41) is 12.1. The largest absolute Gasteiger partial charge is 0.425 e. The van der Waals surface area contributed by atoms with E-state index < -0.39 is 0 Å². The molecular formula is C17H31N3O. The van der Waals surface area contributed by atoms with Gasteiger partial charge in [0.15, 0.2) is 0 Å². The van der Waals surface area contributed by atoms with Crippen LogP contribution in [0.3, 0.4) is 0 Å². The predicted octanol–water partition coefficient (Wildman–Crippen LogP) is 3.86. The summed E-state index contributed by atoms with van der Waals surface area (Å²) in [6.07, 6.45) is 6.95. The molecule has 0 atom stereocenters. The van der Waals surface area contributed by atoms with Crippen LogP contribution in [0.15, 0.2) is 4.42 Å². The van der Waals surface area contributed by atoms with Crippen LogP contribution in [0.25, 0.3) is 0 Å². The van der Waals surface area contributed by atoms with Crippen LogP contribution in [-0.2, 0) is 11.8 Å². The third-order valence-corrected chi connectivity index (χ3v) is 4.27. The maximum atomic E-state index is 6.02. The standard InChI is InChI=1S/C17H31N3O/c1-13(2)12-17(9-6-7-10-17)15-20-19-14(21-15)8-11-18-16(3,4)5/h13,18H,6-12H2,1-5H3. The minimum atomic E-state index is 0.132. The van der Waals surface area contributed by atoms with E-state index in [0.717, 1.165) is 31.2 Å². The Balaban J connectivity index is 2.00. The molecule has 0 aromatic carbocycles. The molecule has 1 aliphatic carbocycles. The van der Waals surface area contributed by atoms with Gasteiger partial charge in [0.1, 0.15) is 0 Å². The summed E-state index contributed by atoms with van der Waals surface area (Å²) in [6.45, 7) is 11.9. The Bertz CT molecular complexity index is 439. The fraction of sp³-hybridized carbons (Fsp3) is 0.882. The maximum Gasteiger partial charge on any atom is 0.222 e. The van der Waals surface area contributed by atoms with Crippen LogP contribution in [0, 0.1) is 5.92 Å². The van der Waals surface area contributed by atoms with Crippen molar-refractivity contribution in [1.82, 2.24) is 15.5 Å². The smallest absolute Gasteiger partial charge is 0.222 e. The number of nitrogens with one attached hydrogen (secondary N) is 1. The van der Waals surface area contributed by atoms with Gasteiger partial charge in [0, 0.05) is 23.9 Å². The topological polar surface area (TPSA) is 51.0 Å². The number of aromatic nitrogens is 2. The lowest BCUT2D eigenvalue weighted by Crippen LogP contribution is -2.37. The van der Waals surface area contributed by atoms with Crippen molar-refractivity contribution in [3.8, 4) is 0 Å². The van der Waals surface area contributed by atoms with E-state index in [4.69, 9.17) is 4.42 Å². The lowest BCUT2D eigenvalue weighted by Gasteiger charge is -2.26. The zero-order chi connectivity index (χ0) is 15.5. The summed E-state index contributed by atoms with van der Waals surface area (Å²) in [7, 11) is 0. The first-order chi connectivity index (χ1) is 9.81. The molecule has 0 bridgehead atoms. The van der Waals surface area contributed by atoms with Gasteiger partial charge in [0.25, 0.3) is 0 Å². The second-order valence-corrected chi connectivity index (χ2v) is 8.01. The van der Waals surface area contributed by atoms with Gasteiger partial charge in [0.2, 0.25) is 11.8 Å². The highest BCUT2D eigenvalue weighted by molar-refractivity contribution is 5.07. The molecule has 0 spiro atoms. The van der Waals surface area contributed by atoms with Gasteiger partial charge in [-0.2, -0.15) is 0 Å². The molecule has 4 heteroatoms. The first-order valence-corrected chi connectivity index (χ1v) is 8.39. The molecule has 1 saturated carbocycles. The van der Waals surface area contributed by atoms with Crippen LogP contribution in [0.2, 0.25) is 0 Å². The second kappa shape index (κ2) is 6.47. The average molecular weight is 293 g/mol. The zero-order valence-corrected chi connectivity index (χ0v) is 14.3. The normalized spacial score (nSPS) is 18.6. The van der Waals surface area contributed by atoms with Crippen LogP contribution in [0.4, 0.5) is 0 Å². The highest BCUT2D eigenvalue weighted by Gasteiger charge is 2.40. The van der Waals surface area contributed by atoms with Gasteiger partial charge < -0.3 is 9.73 Å². The van der Waals surface area contributed by atoms with E-state index in [0.29, 0.717) is 5.92 Å². The van der Waals surface area contributed by atoms with E-state index in [1.807, 2.05) is 0 Å². The van der Waals surface area contributed by atoms with Crippen molar-refractivity contribution in [2.24, 2.45) is 5.92 Å². The summed E-state index contributed by atoms with van der Waals surface area (Å²) in [5.41, 5.74) is 0.282. The molecule has 0 amide bonds. The van der Waals surface area contributed by atoms with Crippen LogP contribution in [0.5, 0.6) is 0 Å². The Labute approximate surface area is 129 Å². The van der Waals surface area contributed by atoms with Gasteiger partial charge in [0.05, 0.1) is 0 Å². The van der Waals surface area contributed by atoms with Crippen LogP contribution < -0.4 is 5.32 Å². The Morgan fingerprint density at radius 1 is 1.19 bits per heavy atom. The molecule has 1 aliphatic rings. The van der Waals surface area contributed by atoms with E-state index in [1.54, 1.807) is 0 Å². The molecule has 0 unspecified atom stereocenters. The van der Waals surface area contributed by atoms with Gasteiger partial charge in [-0.05, 0) is 46.0 Å². The Kier molecular flexibility index (Phi) is 5.07. The minimum absolute atomic E-state index is 0.132. The monoisotopic (exact) mass is 293 g/mol. The Morgan fingerprint density at radius 2 is 1.86 bits per heavy atom. The molecule has 0 radical (unpaired) electrons. The molecule has 2 rings (SSSR count). The molecule has 120 valence electrons. The van der Waals surface area contributed by atoms with E-state index >= 15 is 0 Å². The lowest BCUT2D eigenvalue weighted by atomic mass is 9.78. The lowest BCUT2D eigenvalue weighted by molar-refractivity contribution is 0.266. The predicted molar refractivity (Wildman–Crippen MR) is 85.4 cm³/mol. The van der Waals surface area contributed by atoms with E-state index in [-0.39, 0.29) is 11.0 Å². The fourth-order valence-electron chi connectivity index (χ4n) is 3.45. The van der Waals surface area contributed by atoms with Gasteiger partial charge in [-0.1, -0.05) is 26.7 Å². The second-order valence-electron chi connectivity index (χ2n) is 8.01. The van der Waals surface area contributed by atoms with Crippen molar-refractivity contribution in [2.45, 2.75) is 84.1 Å².